The summed E-state index contributed by atoms with van der Waals surface area (Å²) in [5.74, 6) is -1.52. The smallest absolute Gasteiger partial charge is 0.329 e. The van der Waals surface area contributed by atoms with Crippen LogP contribution in [0.15, 0.2) is 24.3 Å². The molecule has 8 nitrogen and oxygen atoms in total. The molecule has 9 heteroatoms. The molecule has 150 valence electrons. The zero-order chi connectivity index (χ0) is 20.1. The molecular formula is C19H22N2O6S. The number of amides is 3. The molecule has 28 heavy (non-hydrogen) atoms. The van der Waals surface area contributed by atoms with Crippen LogP contribution in [0.1, 0.15) is 27.1 Å². The normalized spacial score (nSPS) is 17.5. The van der Waals surface area contributed by atoms with Crippen molar-refractivity contribution in [3.05, 3.63) is 35.4 Å². The number of esters is 1. The Balaban J connectivity index is 1.69. The van der Waals surface area contributed by atoms with Gasteiger partial charge in [-0.25, -0.2) is 4.79 Å². The Labute approximate surface area is 167 Å². The molecule has 2 heterocycles. The molecule has 1 saturated heterocycles. The Kier molecular flexibility index (Phi) is 6.69. The fourth-order valence-corrected chi connectivity index (χ4v) is 3.66. The number of thioether (sulfide) groups is 1. The average molecular weight is 406 g/mol. The molecular weight excluding hydrogens is 384 g/mol. The van der Waals surface area contributed by atoms with E-state index in [0.29, 0.717) is 32.1 Å². The van der Waals surface area contributed by atoms with Gasteiger partial charge in [0.2, 0.25) is 0 Å². The van der Waals surface area contributed by atoms with Crippen LogP contribution in [0.5, 0.6) is 0 Å². The molecule has 2 aliphatic heterocycles. The fraction of sp³-hybridized carbons (Fsp3) is 0.474. The van der Waals surface area contributed by atoms with E-state index in [9.17, 15) is 19.2 Å². The fourth-order valence-electron chi connectivity index (χ4n) is 3.21. The van der Waals surface area contributed by atoms with Crippen LogP contribution in [0.2, 0.25) is 0 Å². The third-order valence-electron chi connectivity index (χ3n) is 4.71. The van der Waals surface area contributed by atoms with Crippen molar-refractivity contribution in [1.29, 1.82) is 0 Å². The SMILES string of the molecule is CSCC[C@@H](C(=O)OCC(=O)N1CCOCC1)N1C(=O)c2ccccc2C1=O. The van der Waals surface area contributed by atoms with E-state index in [-0.39, 0.29) is 23.5 Å². The zero-order valence-electron chi connectivity index (χ0n) is 15.6. The number of fused-ring (bicyclic) bond motifs is 1. The van der Waals surface area contributed by atoms with Crippen molar-refractivity contribution < 1.29 is 28.7 Å². The van der Waals surface area contributed by atoms with Gasteiger partial charge in [0.1, 0.15) is 6.04 Å². The highest BCUT2D eigenvalue weighted by Gasteiger charge is 2.43. The molecule has 0 unspecified atom stereocenters. The number of imide groups is 1. The molecule has 1 fully saturated rings. The van der Waals surface area contributed by atoms with Crippen molar-refractivity contribution >= 4 is 35.5 Å². The minimum absolute atomic E-state index is 0.261. The summed E-state index contributed by atoms with van der Waals surface area (Å²) in [6, 6.07) is 5.41. The lowest BCUT2D eigenvalue weighted by atomic mass is 10.1. The Bertz CT molecular complexity index is 742. The van der Waals surface area contributed by atoms with Crippen LogP contribution >= 0.6 is 11.8 Å². The Hall–Kier alpha value is -2.39. The summed E-state index contributed by atoms with van der Waals surface area (Å²) in [4.78, 5) is 52.8. The summed E-state index contributed by atoms with van der Waals surface area (Å²) < 4.78 is 10.4. The van der Waals surface area contributed by atoms with E-state index in [2.05, 4.69) is 0 Å². The van der Waals surface area contributed by atoms with Gasteiger partial charge < -0.3 is 14.4 Å². The van der Waals surface area contributed by atoms with Crippen molar-refractivity contribution in [2.45, 2.75) is 12.5 Å². The number of carbonyl (C=O) groups is 4. The minimum atomic E-state index is -1.06. The molecule has 0 aromatic heterocycles. The highest BCUT2D eigenvalue weighted by atomic mass is 32.2. The summed E-state index contributed by atoms with van der Waals surface area (Å²) in [5.41, 5.74) is 0.553. The molecule has 0 radical (unpaired) electrons. The van der Waals surface area contributed by atoms with Gasteiger partial charge in [-0.05, 0) is 30.6 Å². The molecule has 2 aliphatic rings. The molecule has 0 N–H and O–H groups in total. The summed E-state index contributed by atoms with van der Waals surface area (Å²) in [6.07, 6.45) is 2.13. The molecule has 0 saturated carbocycles. The van der Waals surface area contributed by atoms with Gasteiger partial charge in [0.25, 0.3) is 17.7 Å². The van der Waals surface area contributed by atoms with Gasteiger partial charge in [-0.15, -0.1) is 0 Å². The number of hydrogen-bond donors (Lipinski definition) is 0. The van der Waals surface area contributed by atoms with E-state index in [1.54, 1.807) is 29.2 Å². The number of hydrogen-bond acceptors (Lipinski definition) is 7. The van der Waals surface area contributed by atoms with Gasteiger partial charge in [-0.2, -0.15) is 11.8 Å². The standard InChI is InChI=1S/C19H22N2O6S/c1-28-11-6-15(19(25)27-12-16(22)20-7-9-26-10-8-20)21-17(23)13-4-2-3-5-14(13)18(21)24/h2-5,15H,6-12H2,1H3/t15-/m0/s1. The second kappa shape index (κ2) is 9.20. The highest BCUT2D eigenvalue weighted by Crippen LogP contribution is 2.26. The van der Waals surface area contributed by atoms with Gasteiger partial charge in [0, 0.05) is 13.1 Å². The number of morpholine rings is 1. The molecule has 3 amide bonds. The quantitative estimate of drug-likeness (QED) is 0.489. The highest BCUT2D eigenvalue weighted by molar-refractivity contribution is 7.98. The third kappa shape index (κ3) is 4.20. The Morgan fingerprint density at radius 2 is 1.75 bits per heavy atom. The first-order valence-electron chi connectivity index (χ1n) is 9.02. The first-order chi connectivity index (χ1) is 13.5. The zero-order valence-corrected chi connectivity index (χ0v) is 16.4. The largest absolute Gasteiger partial charge is 0.454 e. The molecule has 0 spiro atoms. The first-order valence-corrected chi connectivity index (χ1v) is 10.4. The van der Waals surface area contributed by atoms with Crippen molar-refractivity contribution in [2.75, 3.05) is 44.9 Å². The summed E-state index contributed by atoms with van der Waals surface area (Å²) in [7, 11) is 0. The molecule has 1 aromatic rings. The van der Waals surface area contributed by atoms with Gasteiger partial charge >= 0.3 is 5.97 Å². The predicted octanol–water partition coefficient (Wildman–Crippen LogP) is 0.806. The monoisotopic (exact) mass is 406 g/mol. The van der Waals surface area contributed by atoms with Gasteiger partial charge in [0.05, 0.1) is 24.3 Å². The lowest BCUT2D eigenvalue weighted by Gasteiger charge is -2.28. The van der Waals surface area contributed by atoms with E-state index in [1.807, 2.05) is 6.26 Å². The van der Waals surface area contributed by atoms with Crippen LogP contribution in [0.4, 0.5) is 0 Å². The second-order valence-corrected chi connectivity index (χ2v) is 7.41. The summed E-state index contributed by atoms with van der Waals surface area (Å²) in [6.45, 7) is 1.38. The van der Waals surface area contributed by atoms with Gasteiger partial charge in [-0.3, -0.25) is 19.3 Å². The van der Waals surface area contributed by atoms with E-state index < -0.39 is 30.4 Å². The van der Waals surface area contributed by atoms with E-state index >= 15 is 0 Å². The van der Waals surface area contributed by atoms with Crippen LogP contribution < -0.4 is 0 Å². The van der Waals surface area contributed by atoms with Crippen LogP contribution in [-0.2, 0) is 19.1 Å². The third-order valence-corrected chi connectivity index (χ3v) is 5.35. The minimum Gasteiger partial charge on any atom is -0.454 e. The second-order valence-electron chi connectivity index (χ2n) is 6.42. The summed E-state index contributed by atoms with van der Waals surface area (Å²) in [5, 5.41) is 0. The maximum atomic E-state index is 12.7. The van der Waals surface area contributed by atoms with E-state index in [0.717, 1.165) is 4.90 Å². The van der Waals surface area contributed by atoms with Crippen molar-refractivity contribution in [2.24, 2.45) is 0 Å². The predicted molar refractivity (Wildman–Crippen MR) is 102 cm³/mol. The van der Waals surface area contributed by atoms with Crippen LogP contribution in [0, 0.1) is 0 Å². The lowest BCUT2D eigenvalue weighted by molar-refractivity contribution is -0.156. The molecule has 1 atom stereocenters. The molecule has 0 aliphatic carbocycles. The molecule has 0 bridgehead atoms. The first kappa shape index (κ1) is 20.3. The van der Waals surface area contributed by atoms with Crippen molar-refractivity contribution in [3.8, 4) is 0 Å². The Morgan fingerprint density at radius 3 is 2.32 bits per heavy atom. The maximum Gasteiger partial charge on any atom is 0.329 e. The number of nitrogens with zero attached hydrogens (tertiary/aromatic N) is 2. The summed E-state index contributed by atoms with van der Waals surface area (Å²) >= 11 is 1.49. The van der Waals surface area contributed by atoms with Crippen LogP contribution in [-0.4, -0.2) is 84.5 Å². The Morgan fingerprint density at radius 1 is 1.14 bits per heavy atom. The van der Waals surface area contributed by atoms with Gasteiger partial charge in [0.15, 0.2) is 6.61 Å². The lowest BCUT2D eigenvalue weighted by Crippen LogP contribution is -2.47. The van der Waals surface area contributed by atoms with E-state index in [1.165, 1.54) is 11.8 Å². The van der Waals surface area contributed by atoms with Gasteiger partial charge in [-0.1, -0.05) is 12.1 Å². The van der Waals surface area contributed by atoms with Crippen molar-refractivity contribution in [1.82, 2.24) is 9.80 Å². The number of ether oxygens (including phenoxy) is 2. The van der Waals surface area contributed by atoms with Crippen LogP contribution in [0.25, 0.3) is 0 Å². The average Bonchev–Trinajstić information content (AvgIpc) is 2.98. The van der Waals surface area contributed by atoms with Crippen molar-refractivity contribution in [3.63, 3.8) is 0 Å². The van der Waals surface area contributed by atoms with E-state index in [4.69, 9.17) is 9.47 Å². The number of benzene rings is 1. The maximum absolute atomic E-state index is 12.7. The molecule has 3 rings (SSSR count). The topological polar surface area (TPSA) is 93.2 Å². The van der Waals surface area contributed by atoms with Crippen LogP contribution in [0.3, 0.4) is 0 Å². The number of rotatable bonds is 7. The molecule has 1 aromatic carbocycles. The number of carbonyl (C=O) groups excluding carboxylic acids is 4.